The Morgan fingerprint density at radius 3 is 2.43 bits per heavy atom. The molecular weight excluding hydrogens is 466 g/mol. The van der Waals surface area contributed by atoms with E-state index in [4.69, 9.17) is 4.74 Å². The second-order valence-electron chi connectivity index (χ2n) is 11.1. The molecule has 0 bridgehead atoms. The van der Waals surface area contributed by atoms with Gasteiger partial charge in [0.05, 0.1) is 5.56 Å². The predicted molar refractivity (Wildman–Crippen MR) is 149 cm³/mol. The van der Waals surface area contributed by atoms with Crippen molar-refractivity contribution >= 4 is 0 Å². The topological polar surface area (TPSA) is 35.0 Å². The fourth-order valence-electron chi connectivity index (χ4n) is 5.34. The van der Waals surface area contributed by atoms with Crippen LogP contribution in [0.4, 0.5) is 8.78 Å². The van der Waals surface area contributed by atoms with E-state index in [0.717, 1.165) is 88.0 Å². The van der Waals surface area contributed by atoms with Crippen molar-refractivity contribution in [2.75, 3.05) is 13.2 Å². The van der Waals surface area contributed by atoms with Crippen molar-refractivity contribution in [3.63, 3.8) is 0 Å². The third-order valence-corrected chi connectivity index (χ3v) is 8.06. The third-order valence-electron chi connectivity index (χ3n) is 8.06. The first kappa shape index (κ1) is 29.7. The monoisotopic (exact) mass is 514 g/mol. The van der Waals surface area contributed by atoms with Gasteiger partial charge in [-0.15, -0.1) is 0 Å². The van der Waals surface area contributed by atoms with Gasteiger partial charge in [-0.05, 0) is 79.5 Å². The Balaban J connectivity index is 1.48. The van der Waals surface area contributed by atoms with Crippen molar-refractivity contribution in [1.82, 2.24) is 9.97 Å². The van der Waals surface area contributed by atoms with Gasteiger partial charge in [-0.1, -0.05) is 72.1 Å². The summed E-state index contributed by atoms with van der Waals surface area (Å²) in [4.78, 5) is 8.80. The zero-order valence-electron chi connectivity index (χ0n) is 23.5. The highest BCUT2D eigenvalue weighted by Gasteiger charge is 2.26. The molecule has 206 valence electrons. The van der Waals surface area contributed by atoms with Crippen molar-refractivity contribution < 1.29 is 13.5 Å². The van der Waals surface area contributed by atoms with Crippen molar-refractivity contribution in [2.45, 2.75) is 117 Å². The summed E-state index contributed by atoms with van der Waals surface area (Å²) >= 11 is 0. The highest BCUT2D eigenvalue weighted by Crippen LogP contribution is 2.35. The maximum Gasteiger partial charge on any atom is 0.170 e. The molecule has 0 saturated carbocycles. The first-order chi connectivity index (χ1) is 18.0. The number of fused-ring (bicyclic) bond motifs is 1. The Morgan fingerprint density at radius 1 is 0.946 bits per heavy atom. The summed E-state index contributed by atoms with van der Waals surface area (Å²) in [6.45, 7) is 8.42. The van der Waals surface area contributed by atoms with Crippen LogP contribution in [0.15, 0.2) is 18.5 Å². The van der Waals surface area contributed by atoms with Crippen LogP contribution >= 0.6 is 0 Å². The van der Waals surface area contributed by atoms with Gasteiger partial charge in [-0.25, -0.2) is 18.7 Å². The van der Waals surface area contributed by atoms with E-state index in [0.29, 0.717) is 17.9 Å². The second-order valence-corrected chi connectivity index (χ2v) is 11.1. The van der Waals surface area contributed by atoms with E-state index in [2.05, 4.69) is 30.7 Å². The molecule has 0 amide bonds. The molecule has 0 spiro atoms. The number of aromatic nitrogens is 2. The summed E-state index contributed by atoms with van der Waals surface area (Å²) in [6, 6.07) is 1.79. The Kier molecular flexibility index (Phi) is 13.0. The summed E-state index contributed by atoms with van der Waals surface area (Å²) < 4.78 is 35.9. The molecule has 1 aliphatic rings. The molecule has 2 atom stereocenters. The Labute approximate surface area is 223 Å². The lowest BCUT2D eigenvalue weighted by Crippen LogP contribution is -2.17. The van der Waals surface area contributed by atoms with E-state index in [1.165, 1.54) is 32.1 Å². The molecule has 1 aliphatic carbocycles. The summed E-state index contributed by atoms with van der Waals surface area (Å²) in [5.41, 5.74) is 2.73. The van der Waals surface area contributed by atoms with Crippen LogP contribution in [0.2, 0.25) is 0 Å². The number of rotatable bonds is 17. The first-order valence-corrected chi connectivity index (χ1v) is 14.9. The molecule has 0 radical (unpaired) electrons. The minimum atomic E-state index is -0.805. The Morgan fingerprint density at radius 2 is 1.70 bits per heavy atom. The van der Waals surface area contributed by atoms with Crippen molar-refractivity contribution in [3.8, 4) is 11.4 Å². The highest BCUT2D eigenvalue weighted by molar-refractivity contribution is 5.59. The van der Waals surface area contributed by atoms with Crippen molar-refractivity contribution in [1.29, 1.82) is 0 Å². The quantitative estimate of drug-likeness (QED) is 0.198. The van der Waals surface area contributed by atoms with Crippen LogP contribution in [0.5, 0.6) is 0 Å². The average molecular weight is 515 g/mol. The number of ether oxygens (including phenoxy) is 1. The molecule has 5 heteroatoms. The molecule has 0 aliphatic heterocycles. The van der Waals surface area contributed by atoms with Crippen LogP contribution in [0.3, 0.4) is 0 Å². The number of aryl methyl sites for hydroxylation is 2. The SMILES string of the molecule is CCCCCOCCCCCC1CCc2cc(-c3ncc(CCCCC(C)CC)cn3)c(F)c(F)c2C1. The summed E-state index contributed by atoms with van der Waals surface area (Å²) in [7, 11) is 0. The molecule has 1 aromatic carbocycles. The number of benzene rings is 1. The standard InChI is InChI=1S/C32H48F2N2O/c1-4-6-11-18-37-19-12-7-8-14-25-16-17-27-21-29(31(34)30(33)28(27)20-25)32-35-22-26(23-36-32)15-10-9-13-24(3)5-2/h21-25H,4-20H2,1-3H3. The van der Waals surface area contributed by atoms with Gasteiger partial charge in [0.25, 0.3) is 0 Å². The molecule has 1 heterocycles. The van der Waals surface area contributed by atoms with Crippen LogP contribution in [0, 0.1) is 23.5 Å². The lowest BCUT2D eigenvalue weighted by molar-refractivity contribution is 0.125. The van der Waals surface area contributed by atoms with Gasteiger partial charge >= 0.3 is 0 Å². The molecule has 3 rings (SSSR count). The maximum atomic E-state index is 15.2. The molecule has 0 saturated heterocycles. The molecule has 2 aromatic rings. The Bertz CT molecular complexity index is 931. The fraction of sp³-hybridized carbons (Fsp3) is 0.688. The first-order valence-electron chi connectivity index (χ1n) is 14.9. The van der Waals surface area contributed by atoms with Crippen LogP contribution in [-0.4, -0.2) is 23.2 Å². The van der Waals surface area contributed by atoms with Crippen molar-refractivity contribution in [3.05, 3.63) is 46.8 Å². The van der Waals surface area contributed by atoms with Gasteiger partial charge in [0, 0.05) is 25.6 Å². The van der Waals surface area contributed by atoms with E-state index < -0.39 is 11.6 Å². The third kappa shape index (κ3) is 9.42. The lowest BCUT2D eigenvalue weighted by Gasteiger charge is -2.26. The summed E-state index contributed by atoms with van der Waals surface area (Å²) in [5, 5.41) is 0. The van der Waals surface area contributed by atoms with Crippen LogP contribution in [0.1, 0.15) is 115 Å². The number of unbranched alkanes of at least 4 members (excludes halogenated alkanes) is 5. The van der Waals surface area contributed by atoms with Crippen molar-refractivity contribution in [2.24, 2.45) is 11.8 Å². The van der Waals surface area contributed by atoms with Gasteiger partial charge in [0.15, 0.2) is 17.5 Å². The average Bonchev–Trinajstić information content (AvgIpc) is 2.92. The number of halogens is 2. The van der Waals surface area contributed by atoms with Gasteiger partial charge < -0.3 is 4.74 Å². The van der Waals surface area contributed by atoms with Crippen LogP contribution in [-0.2, 0) is 24.0 Å². The molecule has 2 unspecified atom stereocenters. The minimum absolute atomic E-state index is 0.192. The van der Waals surface area contributed by atoms with E-state index in [1.54, 1.807) is 18.5 Å². The number of hydrogen-bond donors (Lipinski definition) is 0. The second kappa shape index (κ2) is 16.2. The fourth-order valence-corrected chi connectivity index (χ4v) is 5.34. The predicted octanol–water partition coefficient (Wildman–Crippen LogP) is 9.05. The zero-order valence-corrected chi connectivity index (χ0v) is 23.5. The van der Waals surface area contributed by atoms with Gasteiger partial charge in [0.2, 0.25) is 0 Å². The van der Waals surface area contributed by atoms with Crippen LogP contribution < -0.4 is 0 Å². The van der Waals surface area contributed by atoms with Gasteiger partial charge in [-0.3, -0.25) is 0 Å². The summed E-state index contributed by atoms with van der Waals surface area (Å²) in [6.07, 6.45) is 19.7. The largest absolute Gasteiger partial charge is 0.381 e. The van der Waals surface area contributed by atoms with Gasteiger partial charge in [-0.2, -0.15) is 0 Å². The molecule has 3 nitrogen and oxygen atoms in total. The van der Waals surface area contributed by atoms with E-state index in [-0.39, 0.29) is 11.4 Å². The molecule has 37 heavy (non-hydrogen) atoms. The maximum absolute atomic E-state index is 15.2. The Hall–Kier alpha value is -1.88. The number of hydrogen-bond acceptors (Lipinski definition) is 3. The number of nitrogens with zero attached hydrogens (tertiary/aromatic N) is 2. The minimum Gasteiger partial charge on any atom is -0.381 e. The lowest BCUT2D eigenvalue weighted by atomic mass is 9.80. The van der Waals surface area contributed by atoms with E-state index in [1.807, 2.05) is 0 Å². The zero-order chi connectivity index (χ0) is 26.5. The van der Waals surface area contributed by atoms with Crippen LogP contribution in [0.25, 0.3) is 11.4 Å². The molecule has 0 fully saturated rings. The highest BCUT2D eigenvalue weighted by atomic mass is 19.2. The smallest absolute Gasteiger partial charge is 0.170 e. The van der Waals surface area contributed by atoms with E-state index in [9.17, 15) is 0 Å². The molecular formula is C32H48F2N2O. The van der Waals surface area contributed by atoms with E-state index >= 15 is 8.78 Å². The molecule has 1 aromatic heterocycles. The normalized spacial score (nSPS) is 16.1. The molecule has 0 N–H and O–H groups in total. The summed E-state index contributed by atoms with van der Waals surface area (Å²) in [5.74, 6) is -0.0349. The van der Waals surface area contributed by atoms with Gasteiger partial charge in [0.1, 0.15) is 0 Å².